The Morgan fingerprint density at radius 2 is 2.00 bits per heavy atom. The zero-order valence-electron chi connectivity index (χ0n) is 12.8. The van der Waals surface area contributed by atoms with Gasteiger partial charge in [-0.3, -0.25) is 4.90 Å². The third-order valence-corrected chi connectivity index (χ3v) is 5.11. The zero-order chi connectivity index (χ0) is 13.8. The summed E-state index contributed by atoms with van der Waals surface area (Å²) in [7, 11) is 2.06. The van der Waals surface area contributed by atoms with Gasteiger partial charge in [0.2, 0.25) is 0 Å². The van der Waals surface area contributed by atoms with E-state index < -0.39 is 0 Å². The highest BCUT2D eigenvalue weighted by molar-refractivity contribution is 4.92. The molecule has 2 unspecified atom stereocenters. The van der Waals surface area contributed by atoms with Crippen molar-refractivity contribution in [2.45, 2.75) is 18.9 Å². The standard InChI is InChI=1S/C15H29N3O2/c1-16-11-15(3-7-20-13-15)12-17-4-2-14(10-17)18-5-8-19-9-6-18/h14,16H,2-13H2,1H3. The van der Waals surface area contributed by atoms with Crippen molar-refractivity contribution < 1.29 is 9.47 Å². The summed E-state index contributed by atoms with van der Waals surface area (Å²) in [6.07, 6.45) is 2.52. The van der Waals surface area contributed by atoms with Gasteiger partial charge in [0.15, 0.2) is 0 Å². The van der Waals surface area contributed by atoms with Crippen LogP contribution in [0.25, 0.3) is 0 Å². The minimum Gasteiger partial charge on any atom is -0.381 e. The summed E-state index contributed by atoms with van der Waals surface area (Å²) in [5, 5.41) is 3.37. The van der Waals surface area contributed by atoms with Gasteiger partial charge in [-0.15, -0.1) is 0 Å². The molecule has 116 valence electrons. The minimum absolute atomic E-state index is 0.342. The number of hydrogen-bond donors (Lipinski definition) is 1. The molecule has 0 aliphatic carbocycles. The summed E-state index contributed by atoms with van der Waals surface area (Å²) < 4.78 is 11.1. The molecule has 3 aliphatic heterocycles. The SMILES string of the molecule is CNCC1(CN2CCC(N3CCOCC3)C2)CCOC1. The Bertz CT molecular complexity index is 301. The lowest BCUT2D eigenvalue weighted by Crippen LogP contribution is -2.47. The highest BCUT2D eigenvalue weighted by atomic mass is 16.5. The van der Waals surface area contributed by atoms with Gasteiger partial charge in [-0.25, -0.2) is 0 Å². The van der Waals surface area contributed by atoms with Crippen molar-refractivity contribution in [3.63, 3.8) is 0 Å². The lowest BCUT2D eigenvalue weighted by molar-refractivity contribution is 0.0174. The molecule has 0 aromatic carbocycles. The Morgan fingerprint density at radius 1 is 1.15 bits per heavy atom. The average molecular weight is 283 g/mol. The van der Waals surface area contributed by atoms with Crippen molar-refractivity contribution in [2.24, 2.45) is 5.41 Å². The Labute approximate surface area is 122 Å². The van der Waals surface area contributed by atoms with Gasteiger partial charge >= 0.3 is 0 Å². The molecule has 5 heteroatoms. The first kappa shape index (κ1) is 14.7. The van der Waals surface area contributed by atoms with E-state index in [9.17, 15) is 0 Å². The molecule has 3 aliphatic rings. The van der Waals surface area contributed by atoms with Crippen LogP contribution in [0, 0.1) is 5.41 Å². The van der Waals surface area contributed by atoms with Gasteiger partial charge in [0.05, 0.1) is 19.8 Å². The second-order valence-corrected chi connectivity index (χ2v) is 6.66. The number of hydrogen-bond acceptors (Lipinski definition) is 5. The minimum atomic E-state index is 0.342. The fourth-order valence-electron chi connectivity index (χ4n) is 4.02. The Morgan fingerprint density at radius 3 is 2.70 bits per heavy atom. The van der Waals surface area contributed by atoms with E-state index in [1.807, 2.05) is 0 Å². The molecule has 0 aromatic rings. The average Bonchev–Trinajstić information content (AvgIpc) is 3.11. The first-order valence-electron chi connectivity index (χ1n) is 8.08. The van der Waals surface area contributed by atoms with Crippen LogP contribution < -0.4 is 5.32 Å². The van der Waals surface area contributed by atoms with Crippen molar-refractivity contribution in [3.05, 3.63) is 0 Å². The second-order valence-electron chi connectivity index (χ2n) is 6.66. The van der Waals surface area contributed by atoms with E-state index in [0.717, 1.165) is 52.1 Å². The lowest BCUT2D eigenvalue weighted by Gasteiger charge is -2.34. The van der Waals surface area contributed by atoms with Crippen molar-refractivity contribution in [2.75, 3.05) is 72.7 Å². The molecule has 3 saturated heterocycles. The molecule has 5 nitrogen and oxygen atoms in total. The summed E-state index contributed by atoms with van der Waals surface area (Å²) in [5.41, 5.74) is 0.342. The predicted octanol–water partition coefficient (Wildman–Crippen LogP) is 0.0190. The molecule has 2 atom stereocenters. The van der Waals surface area contributed by atoms with Gasteiger partial charge in [-0.2, -0.15) is 0 Å². The third kappa shape index (κ3) is 3.34. The molecular formula is C15H29N3O2. The van der Waals surface area contributed by atoms with Crippen LogP contribution in [-0.2, 0) is 9.47 Å². The monoisotopic (exact) mass is 283 g/mol. The van der Waals surface area contributed by atoms with Crippen molar-refractivity contribution in [1.82, 2.24) is 15.1 Å². The number of nitrogens with zero attached hydrogens (tertiary/aromatic N) is 2. The maximum atomic E-state index is 5.67. The summed E-state index contributed by atoms with van der Waals surface area (Å²) in [5.74, 6) is 0. The smallest absolute Gasteiger partial charge is 0.0594 e. The van der Waals surface area contributed by atoms with E-state index in [2.05, 4.69) is 22.2 Å². The third-order valence-electron chi connectivity index (χ3n) is 5.11. The number of nitrogens with one attached hydrogen (secondary N) is 1. The van der Waals surface area contributed by atoms with E-state index in [0.29, 0.717) is 5.41 Å². The number of morpholine rings is 1. The van der Waals surface area contributed by atoms with Crippen molar-refractivity contribution >= 4 is 0 Å². The van der Waals surface area contributed by atoms with E-state index in [1.165, 1.54) is 32.5 Å². The first-order valence-corrected chi connectivity index (χ1v) is 8.08. The number of ether oxygens (including phenoxy) is 2. The van der Waals surface area contributed by atoms with Gasteiger partial charge in [0, 0.05) is 50.8 Å². The van der Waals surface area contributed by atoms with Gasteiger partial charge in [0.25, 0.3) is 0 Å². The molecule has 0 aromatic heterocycles. The molecule has 3 heterocycles. The first-order chi connectivity index (χ1) is 9.81. The highest BCUT2D eigenvalue weighted by Gasteiger charge is 2.38. The van der Waals surface area contributed by atoms with Gasteiger partial charge < -0.3 is 19.7 Å². The Hall–Kier alpha value is -0.200. The molecular weight excluding hydrogens is 254 g/mol. The van der Waals surface area contributed by atoms with E-state index in [4.69, 9.17) is 9.47 Å². The zero-order valence-corrected chi connectivity index (χ0v) is 12.8. The van der Waals surface area contributed by atoms with Crippen LogP contribution >= 0.6 is 0 Å². The normalized spacial score (nSPS) is 36.8. The summed E-state index contributed by atoms with van der Waals surface area (Å²) in [4.78, 5) is 5.28. The molecule has 0 radical (unpaired) electrons. The largest absolute Gasteiger partial charge is 0.381 e. The van der Waals surface area contributed by atoms with Crippen LogP contribution in [0.1, 0.15) is 12.8 Å². The maximum absolute atomic E-state index is 5.67. The molecule has 20 heavy (non-hydrogen) atoms. The van der Waals surface area contributed by atoms with Gasteiger partial charge in [-0.1, -0.05) is 0 Å². The quantitative estimate of drug-likeness (QED) is 0.770. The molecule has 0 amide bonds. The maximum Gasteiger partial charge on any atom is 0.0594 e. The molecule has 0 saturated carbocycles. The van der Waals surface area contributed by atoms with Crippen LogP contribution in [0.4, 0.5) is 0 Å². The summed E-state index contributed by atoms with van der Waals surface area (Å²) in [6, 6.07) is 0.743. The van der Waals surface area contributed by atoms with E-state index in [-0.39, 0.29) is 0 Å². The number of rotatable bonds is 5. The molecule has 1 N–H and O–H groups in total. The topological polar surface area (TPSA) is 37.0 Å². The van der Waals surface area contributed by atoms with Crippen molar-refractivity contribution in [1.29, 1.82) is 0 Å². The fourth-order valence-corrected chi connectivity index (χ4v) is 4.02. The fraction of sp³-hybridized carbons (Fsp3) is 1.00. The predicted molar refractivity (Wildman–Crippen MR) is 79.0 cm³/mol. The van der Waals surface area contributed by atoms with Crippen LogP contribution in [0.15, 0.2) is 0 Å². The highest BCUT2D eigenvalue weighted by Crippen LogP contribution is 2.31. The molecule has 3 rings (SSSR count). The summed E-state index contributed by atoms with van der Waals surface area (Å²) >= 11 is 0. The van der Waals surface area contributed by atoms with Crippen molar-refractivity contribution in [3.8, 4) is 0 Å². The Kier molecular flexibility index (Phi) is 4.94. The second kappa shape index (κ2) is 6.71. The lowest BCUT2D eigenvalue weighted by atomic mass is 9.86. The molecule has 3 fully saturated rings. The van der Waals surface area contributed by atoms with Crippen LogP contribution in [0.2, 0.25) is 0 Å². The van der Waals surface area contributed by atoms with Crippen LogP contribution in [-0.4, -0.2) is 88.6 Å². The van der Waals surface area contributed by atoms with Crippen LogP contribution in [0.5, 0.6) is 0 Å². The van der Waals surface area contributed by atoms with E-state index in [1.54, 1.807) is 0 Å². The van der Waals surface area contributed by atoms with E-state index >= 15 is 0 Å². The van der Waals surface area contributed by atoms with Gasteiger partial charge in [0.1, 0.15) is 0 Å². The summed E-state index contributed by atoms with van der Waals surface area (Å²) in [6.45, 7) is 10.6. The molecule has 0 bridgehead atoms. The van der Waals surface area contributed by atoms with Gasteiger partial charge in [-0.05, 0) is 26.4 Å². The number of likely N-dealkylation sites (tertiary alicyclic amines) is 1. The molecule has 0 spiro atoms. The van der Waals surface area contributed by atoms with Crippen LogP contribution in [0.3, 0.4) is 0 Å². The Balaban J connectivity index is 1.51.